The average Bonchev–Trinajstić information content (AvgIpc) is 2.46. The molecule has 0 aliphatic carbocycles. The number of rotatable bonds is 3. The minimum atomic E-state index is -3.58. The fourth-order valence-electron chi connectivity index (χ4n) is 2.52. The van der Waals surface area contributed by atoms with Crippen molar-refractivity contribution < 1.29 is 16.8 Å². The molecule has 0 aromatic heterocycles. The van der Waals surface area contributed by atoms with Crippen molar-refractivity contribution in [2.24, 2.45) is 0 Å². The highest BCUT2D eigenvalue weighted by atomic mass is 32.2. The molecule has 1 aromatic rings. The Morgan fingerprint density at radius 2 is 1.26 bits per heavy atom. The maximum Gasteiger partial charge on any atom is 0.243 e. The first-order chi connectivity index (χ1) is 10.4. The Kier molecular flexibility index (Phi) is 4.92. The Bertz CT molecular complexity index is 755. The van der Waals surface area contributed by atoms with Crippen LogP contribution >= 0.6 is 0 Å². The predicted octanol–water partition coefficient (Wildman–Crippen LogP) is 1.25. The SMILES string of the molecule is CC(C)(C)c1ccc(S(=O)(=O)N2CCN(S(C)(=O)=O)CC2)cc1. The average molecular weight is 361 g/mol. The second-order valence-electron chi connectivity index (χ2n) is 6.84. The van der Waals surface area contributed by atoms with Gasteiger partial charge >= 0.3 is 0 Å². The molecule has 0 bridgehead atoms. The lowest BCUT2D eigenvalue weighted by atomic mass is 9.87. The Labute approximate surface area is 139 Å². The summed E-state index contributed by atoms with van der Waals surface area (Å²) in [5.41, 5.74) is 1.03. The van der Waals surface area contributed by atoms with Crippen molar-refractivity contribution in [3.63, 3.8) is 0 Å². The lowest BCUT2D eigenvalue weighted by Gasteiger charge is -2.32. The number of nitrogens with zero attached hydrogens (tertiary/aromatic N) is 2. The normalized spacial score (nSPS) is 19.0. The van der Waals surface area contributed by atoms with Crippen molar-refractivity contribution >= 4 is 20.0 Å². The van der Waals surface area contributed by atoms with Gasteiger partial charge in [-0.05, 0) is 23.1 Å². The van der Waals surface area contributed by atoms with Crippen LogP contribution in [0.15, 0.2) is 29.2 Å². The van der Waals surface area contributed by atoms with Crippen molar-refractivity contribution in [3.05, 3.63) is 29.8 Å². The van der Waals surface area contributed by atoms with Gasteiger partial charge in [-0.2, -0.15) is 8.61 Å². The van der Waals surface area contributed by atoms with Gasteiger partial charge in [-0.1, -0.05) is 32.9 Å². The summed E-state index contributed by atoms with van der Waals surface area (Å²) in [6, 6.07) is 6.91. The highest BCUT2D eigenvalue weighted by Crippen LogP contribution is 2.25. The molecule has 1 saturated heterocycles. The van der Waals surface area contributed by atoms with Gasteiger partial charge in [0, 0.05) is 26.2 Å². The lowest BCUT2D eigenvalue weighted by molar-refractivity contribution is 0.274. The Morgan fingerprint density at radius 3 is 1.65 bits per heavy atom. The summed E-state index contributed by atoms with van der Waals surface area (Å²) in [6.07, 6.45) is 1.14. The predicted molar refractivity (Wildman–Crippen MR) is 90.3 cm³/mol. The van der Waals surface area contributed by atoms with Crippen LogP contribution < -0.4 is 0 Å². The van der Waals surface area contributed by atoms with Gasteiger partial charge in [0.05, 0.1) is 11.2 Å². The molecule has 0 unspecified atom stereocenters. The van der Waals surface area contributed by atoms with Crippen molar-refractivity contribution in [1.29, 1.82) is 0 Å². The quantitative estimate of drug-likeness (QED) is 0.813. The fourth-order valence-corrected chi connectivity index (χ4v) is 4.77. The summed E-state index contributed by atoms with van der Waals surface area (Å²) >= 11 is 0. The molecule has 0 saturated carbocycles. The molecule has 1 aliphatic rings. The molecule has 23 heavy (non-hydrogen) atoms. The van der Waals surface area contributed by atoms with Crippen LogP contribution in [0.1, 0.15) is 26.3 Å². The maximum atomic E-state index is 12.7. The van der Waals surface area contributed by atoms with E-state index in [1.54, 1.807) is 12.1 Å². The molecule has 130 valence electrons. The van der Waals surface area contributed by atoms with Gasteiger partial charge in [0.25, 0.3) is 0 Å². The third-order valence-corrected chi connectivity index (χ3v) is 7.24. The lowest BCUT2D eigenvalue weighted by Crippen LogP contribution is -2.50. The van der Waals surface area contributed by atoms with Crippen molar-refractivity contribution in [2.75, 3.05) is 32.4 Å². The van der Waals surface area contributed by atoms with Gasteiger partial charge in [0.1, 0.15) is 0 Å². The molecule has 0 atom stereocenters. The zero-order valence-corrected chi connectivity index (χ0v) is 15.6. The summed E-state index contributed by atoms with van der Waals surface area (Å²) in [5, 5.41) is 0. The Hall–Kier alpha value is -0.960. The van der Waals surface area contributed by atoms with E-state index in [1.807, 2.05) is 12.1 Å². The third kappa shape index (κ3) is 4.12. The first-order valence-electron chi connectivity index (χ1n) is 7.48. The smallest absolute Gasteiger partial charge is 0.213 e. The first kappa shape index (κ1) is 18.4. The van der Waals surface area contributed by atoms with E-state index in [-0.39, 0.29) is 36.5 Å². The molecule has 8 heteroatoms. The van der Waals surface area contributed by atoms with Crippen LogP contribution in [0.2, 0.25) is 0 Å². The summed E-state index contributed by atoms with van der Waals surface area (Å²) in [7, 11) is -6.85. The largest absolute Gasteiger partial charge is 0.243 e. The second kappa shape index (κ2) is 6.16. The standard InChI is InChI=1S/C15H24N2O4S2/c1-15(2,3)13-5-7-14(8-6-13)23(20,21)17-11-9-16(10-12-17)22(4,18)19/h5-8H,9-12H2,1-4H3. The molecule has 1 heterocycles. The third-order valence-electron chi connectivity index (χ3n) is 4.02. The van der Waals surface area contributed by atoms with Gasteiger partial charge < -0.3 is 0 Å². The van der Waals surface area contributed by atoms with Crippen LogP contribution in [-0.2, 0) is 25.5 Å². The Balaban J connectivity index is 2.17. The molecule has 1 aromatic carbocycles. The van der Waals surface area contributed by atoms with Crippen LogP contribution in [0, 0.1) is 0 Å². The van der Waals surface area contributed by atoms with E-state index in [0.717, 1.165) is 11.8 Å². The summed E-state index contributed by atoms with van der Waals surface area (Å²) in [5.74, 6) is 0. The summed E-state index contributed by atoms with van der Waals surface area (Å²) in [4.78, 5) is 0.248. The van der Waals surface area contributed by atoms with E-state index in [4.69, 9.17) is 0 Å². The van der Waals surface area contributed by atoms with Gasteiger partial charge in [-0.15, -0.1) is 0 Å². The highest BCUT2D eigenvalue weighted by molar-refractivity contribution is 7.89. The van der Waals surface area contributed by atoms with Crippen LogP contribution in [0.4, 0.5) is 0 Å². The second-order valence-corrected chi connectivity index (χ2v) is 10.8. The van der Waals surface area contributed by atoms with Crippen LogP contribution in [0.5, 0.6) is 0 Å². The molecule has 0 spiro atoms. The van der Waals surface area contributed by atoms with E-state index in [1.165, 1.54) is 8.61 Å². The molecular formula is C15H24N2O4S2. The minimum absolute atomic E-state index is 0.0383. The van der Waals surface area contributed by atoms with E-state index in [0.29, 0.717) is 0 Å². The zero-order valence-electron chi connectivity index (χ0n) is 14.0. The molecular weight excluding hydrogens is 336 g/mol. The number of hydrogen-bond acceptors (Lipinski definition) is 4. The van der Waals surface area contributed by atoms with Gasteiger partial charge in [-0.25, -0.2) is 16.8 Å². The summed E-state index contributed by atoms with van der Waals surface area (Å²) in [6.45, 7) is 6.95. The molecule has 1 fully saturated rings. The zero-order chi connectivity index (χ0) is 17.5. The molecule has 0 amide bonds. The van der Waals surface area contributed by atoms with Gasteiger partial charge in [0.2, 0.25) is 20.0 Å². The first-order valence-corrected chi connectivity index (χ1v) is 10.8. The van der Waals surface area contributed by atoms with E-state index < -0.39 is 20.0 Å². The van der Waals surface area contributed by atoms with Gasteiger partial charge in [0.15, 0.2) is 0 Å². The topological polar surface area (TPSA) is 74.8 Å². The van der Waals surface area contributed by atoms with E-state index in [9.17, 15) is 16.8 Å². The molecule has 2 rings (SSSR count). The van der Waals surface area contributed by atoms with Gasteiger partial charge in [-0.3, -0.25) is 0 Å². The summed E-state index contributed by atoms with van der Waals surface area (Å²) < 4.78 is 51.0. The van der Waals surface area contributed by atoms with Crippen LogP contribution in [0.25, 0.3) is 0 Å². The molecule has 0 N–H and O–H groups in total. The minimum Gasteiger partial charge on any atom is -0.213 e. The maximum absolute atomic E-state index is 12.7. The molecule has 1 aliphatic heterocycles. The van der Waals surface area contributed by atoms with Crippen molar-refractivity contribution in [2.45, 2.75) is 31.1 Å². The fraction of sp³-hybridized carbons (Fsp3) is 0.600. The number of hydrogen-bond donors (Lipinski definition) is 0. The number of piperazine rings is 1. The Morgan fingerprint density at radius 1 is 0.826 bits per heavy atom. The number of sulfonamides is 2. The van der Waals surface area contributed by atoms with E-state index >= 15 is 0 Å². The van der Waals surface area contributed by atoms with Crippen molar-refractivity contribution in [3.8, 4) is 0 Å². The van der Waals surface area contributed by atoms with E-state index in [2.05, 4.69) is 20.8 Å². The monoisotopic (exact) mass is 360 g/mol. The highest BCUT2D eigenvalue weighted by Gasteiger charge is 2.31. The number of benzene rings is 1. The van der Waals surface area contributed by atoms with Crippen LogP contribution in [-0.4, -0.2) is 57.9 Å². The van der Waals surface area contributed by atoms with Crippen LogP contribution in [0.3, 0.4) is 0 Å². The van der Waals surface area contributed by atoms with Crippen molar-refractivity contribution in [1.82, 2.24) is 8.61 Å². The molecule has 6 nitrogen and oxygen atoms in total. The molecule has 0 radical (unpaired) electrons.